The molecule has 0 saturated heterocycles. The van der Waals surface area contributed by atoms with Crippen molar-refractivity contribution in [2.24, 2.45) is 0 Å². The van der Waals surface area contributed by atoms with Gasteiger partial charge >= 0.3 is 0 Å². The van der Waals surface area contributed by atoms with Crippen molar-refractivity contribution in [1.29, 1.82) is 0 Å². The molecule has 0 unspecified atom stereocenters. The van der Waals surface area contributed by atoms with E-state index in [4.69, 9.17) is 16.7 Å². The van der Waals surface area contributed by atoms with Gasteiger partial charge in [0.25, 0.3) is 0 Å². The minimum absolute atomic E-state index is 0.0282. The molecule has 2 rings (SSSR count). The van der Waals surface area contributed by atoms with Gasteiger partial charge < -0.3 is 5.11 Å². The molecular formula is C10H10ClN3O. The van der Waals surface area contributed by atoms with Crippen molar-refractivity contribution >= 4 is 11.6 Å². The molecule has 15 heavy (non-hydrogen) atoms. The largest absolute Gasteiger partial charge is 0.392 e. The van der Waals surface area contributed by atoms with E-state index in [2.05, 4.69) is 10.1 Å². The average Bonchev–Trinajstić information content (AvgIpc) is 2.70. The summed E-state index contributed by atoms with van der Waals surface area (Å²) < 4.78 is 1.58. The molecule has 0 spiro atoms. The fraction of sp³-hybridized carbons (Fsp3) is 0.200. The van der Waals surface area contributed by atoms with Crippen LogP contribution in [0, 0.1) is 6.92 Å². The second-order valence-electron chi connectivity index (χ2n) is 3.24. The minimum atomic E-state index is -0.0282. The Bertz CT molecular complexity index is 481. The molecule has 0 radical (unpaired) electrons. The van der Waals surface area contributed by atoms with Crippen molar-refractivity contribution in [3.63, 3.8) is 0 Å². The Morgan fingerprint density at radius 2 is 2.27 bits per heavy atom. The molecular weight excluding hydrogens is 214 g/mol. The van der Waals surface area contributed by atoms with Gasteiger partial charge in [0.05, 0.1) is 12.8 Å². The molecule has 78 valence electrons. The lowest BCUT2D eigenvalue weighted by atomic mass is 10.3. The fourth-order valence-corrected chi connectivity index (χ4v) is 1.33. The third-order valence-corrected chi connectivity index (χ3v) is 2.48. The lowest BCUT2D eigenvalue weighted by Gasteiger charge is -2.02. The maximum absolute atomic E-state index is 8.90. The predicted octanol–water partition coefficient (Wildman–Crippen LogP) is 1.72. The number of nitrogens with zero attached hydrogens (tertiary/aromatic N) is 3. The summed E-state index contributed by atoms with van der Waals surface area (Å²) in [5, 5.41) is 13.6. The summed E-state index contributed by atoms with van der Waals surface area (Å²) in [4.78, 5) is 4.19. The number of aliphatic hydroxyl groups excluding tert-OH is 1. The van der Waals surface area contributed by atoms with Crippen LogP contribution < -0.4 is 0 Å². The van der Waals surface area contributed by atoms with Crippen molar-refractivity contribution in [2.45, 2.75) is 13.5 Å². The number of rotatable bonds is 2. The van der Waals surface area contributed by atoms with Crippen LogP contribution in [0.1, 0.15) is 11.1 Å². The van der Waals surface area contributed by atoms with Crippen LogP contribution in [0.15, 0.2) is 24.7 Å². The van der Waals surface area contributed by atoms with Gasteiger partial charge in [0.15, 0.2) is 5.82 Å². The summed E-state index contributed by atoms with van der Waals surface area (Å²) in [5.41, 5.74) is 1.67. The molecule has 0 saturated carbocycles. The molecule has 0 aliphatic rings. The molecule has 0 aromatic carbocycles. The molecule has 2 heterocycles. The lowest BCUT2D eigenvalue weighted by Crippen LogP contribution is -1.98. The SMILES string of the molecule is Cc1cnc(-n2cc(CO)cn2)cc1Cl. The zero-order valence-corrected chi connectivity index (χ0v) is 8.94. The van der Waals surface area contributed by atoms with E-state index in [0.717, 1.165) is 11.1 Å². The Morgan fingerprint density at radius 1 is 1.47 bits per heavy atom. The zero-order chi connectivity index (χ0) is 10.8. The van der Waals surface area contributed by atoms with E-state index in [1.165, 1.54) is 0 Å². The Labute approximate surface area is 92.1 Å². The molecule has 0 fully saturated rings. The Balaban J connectivity index is 2.40. The van der Waals surface area contributed by atoms with Crippen LogP contribution in [0.5, 0.6) is 0 Å². The molecule has 0 amide bonds. The van der Waals surface area contributed by atoms with Crippen molar-refractivity contribution < 1.29 is 5.11 Å². The van der Waals surface area contributed by atoms with Crippen molar-refractivity contribution in [2.75, 3.05) is 0 Å². The van der Waals surface area contributed by atoms with Gasteiger partial charge in [0, 0.05) is 29.0 Å². The van der Waals surface area contributed by atoms with Gasteiger partial charge in [-0.3, -0.25) is 0 Å². The molecule has 0 atom stereocenters. The van der Waals surface area contributed by atoms with Crippen LogP contribution in [0.4, 0.5) is 0 Å². The monoisotopic (exact) mass is 223 g/mol. The van der Waals surface area contributed by atoms with E-state index in [1.807, 2.05) is 6.92 Å². The summed E-state index contributed by atoms with van der Waals surface area (Å²) in [6.45, 7) is 1.86. The molecule has 1 N–H and O–H groups in total. The van der Waals surface area contributed by atoms with Gasteiger partial charge in [0.2, 0.25) is 0 Å². The number of aliphatic hydroxyl groups is 1. The van der Waals surface area contributed by atoms with E-state index in [-0.39, 0.29) is 6.61 Å². The van der Waals surface area contributed by atoms with Crippen LogP contribution in [-0.2, 0) is 6.61 Å². The van der Waals surface area contributed by atoms with Crippen LogP contribution in [-0.4, -0.2) is 19.9 Å². The summed E-state index contributed by atoms with van der Waals surface area (Å²) in [6, 6.07) is 1.74. The highest BCUT2D eigenvalue weighted by atomic mass is 35.5. The zero-order valence-electron chi connectivity index (χ0n) is 8.18. The normalized spacial score (nSPS) is 10.6. The van der Waals surface area contributed by atoms with Crippen molar-refractivity contribution in [1.82, 2.24) is 14.8 Å². The number of pyridine rings is 1. The van der Waals surface area contributed by atoms with Crippen LogP contribution in [0.25, 0.3) is 5.82 Å². The number of aryl methyl sites for hydroxylation is 1. The van der Waals surface area contributed by atoms with E-state index in [1.54, 1.807) is 29.3 Å². The van der Waals surface area contributed by atoms with Crippen molar-refractivity contribution in [3.8, 4) is 5.82 Å². The van der Waals surface area contributed by atoms with Crippen LogP contribution in [0.3, 0.4) is 0 Å². The third-order valence-electron chi connectivity index (χ3n) is 2.08. The van der Waals surface area contributed by atoms with Gasteiger partial charge in [-0.1, -0.05) is 11.6 Å². The van der Waals surface area contributed by atoms with Gasteiger partial charge in [-0.15, -0.1) is 0 Å². The number of aromatic nitrogens is 3. The van der Waals surface area contributed by atoms with Crippen LogP contribution >= 0.6 is 11.6 Å². The molecule has 0 bridgehead atoms. The maximum Gasteiger partial charge on any atom is 0.154 e. The first kappa shape index (κ1) is 10.1. The maximum atomic E-state index is 8.90. The lowest BCUT2D eigenvalue weighted by molar-refractivity contribution is 0.282. The first-order valence-corrected chi connectivity index (χ1v) is 4.85. The van der Waals surface area contributed by atoms with E-state index < -0.39 is 0 Å². The number of halogens is 1. The minimum Gasteiger partial charge on any atom is -0.392 e. The summed E-state index contributed by atoms with van der Waals surface area (Å²) >= 11 is 5.97. The molecule has 0 aliphatic heterocycles. The first-order chi connectivity index (χ1) is 7.20. The summed E-state index contributed by atoms with van der Waals surface area (Å²) in [7, 11) is 0. The van der Waals surface area contributed by atoms with Crippen molar-refractivity contribution in [3.05, 3.63) is 40.8 Å². The standard InChI is InChI=1S/C10H10ClN3O/c1-7-3-12-10(2-9(7)11)14-5-8(6-15)4-13-14/h2-5,15H,6H2,1H3. The quantitative estimate of drug-likeness (QED) is 0.844. The van der Waals surface area contributed by atoms with Crippen LogP contribution in [0.2, 0.25) is 5.02 Å². The Morgan fingerprint density at radius 3 is 2.87 bits per heavy atom. The highest BCUT2D eigenvalue weighted by Crippen LogP contribution is 2.16. The Kier molecular flexibility index (Phi) is 2.70. The second-order valence-corrected chi connectivity index (χ2v) is 3.65. The van der Waals surface area contributed by atoms with E-state index in [0.29, 0.717) is 10.8 Å². The summed E-state index contributed by atoms with van der Waals surface area (Å²) in [6.07, 6.45) is 5.00. The van der Waals surface area contributed by atoms with Gasteiger partial charge in [-0.05, 0) is 12.5 Å². The highest BCUT2D eigenvalue weighted by Gasteiger charge is 2.03. The second kappa shape index (κ2) is 4.00. The first-order valence-electron chi connectivity index (χ1n) is 4.47. The average molecular weight is 224 g/mol. The molecule has 5 heteroatoms. The number of hydrogen-bond acceptors (Lipinski definition) is 3. The van der Waals surface area contributed by atoms with E-state index >= 15 is 0 Å². The molecule has 2 aromatic rings. The van der Waals surface area contributed by atoms with Gasteiger partial charge in [-0.25, -0.2) is 9.67 Å². The smallest absolute Gasteiger partial charge is 0.154 e. The van der Waals surface area contributed by atoms with Gasteiger partial charge in [0.1, 0.15) is 0 Å². The van der Waals surface area contributed by atoms with E-state index in [9.17, 15) is 0 Å². The Hall–Kier alpha value is -1.39. The molecule has 2 aromatic heterocycles. The molecule has 0 aliphatic carbocycles. The summed E-state index contributed by atoms with van der Waals surface area (Å²) in [5.74, 6) is 0.644. The topological polar surface area (TPSA) is 50.9 Å². The third kappa shape index (κ3) is 2.00. The fourth-order valence-electron chi connectivity index (χ4n) is 1.18. The molecule has 4 nitrogen and oxygen atoms in total. The van der Waals surface area contributed by atoms with Gasteiger partial charge in [-0.2, -0.15) is 5.10 Å². The predicted molar refractivity (Wildman–Crippen MR) is 57.0 cm³/mol. The number of hydrogen-bond donors (Lipinski definition) is 1. The highest BCUT2D eigenvalue weighted by molar-refractivity contribution is 6.31.